The van der Waals surface area contributed by atoms with Crippen molar-refractivity contribution in [2.75, 3.05) is 23.7 Å². The molecule has 0 aromatic heterocycles. The molecule has 3 aliphatic rings. The standard InChI is InChI=1S/C20H28N4O2/c1-13-2-5-16(21-19(25)14-3-4-14)12-18(13)23-20(26)22-15-8-10-24(11-9-15)17-6-7-17/h2,5,12,14-15,17H,3-4,6-11H2,1H3,(H,21,25)(H2,22,23,26). The summed E-state index contributed by atoms with van der Waals surface area (Å²) in [5.74, 6) is 0.240. The van der Waals surface area contributed by atoms with E-state index < -0.39 is 0 Å². The molecule has 1 aromatic rings. The molecular formula is C20H28N4O2. The smallest absolute Gasteiger partial charge is 0.319 e. The number of aryl methyl sites for hydroxylation is 1. The Morgan fingerprint density at radius 1 is 1.00 bits per heavy atom. The van der Waals surface area contributed by atoms with Gasteiger partial charge >= 0.3 is 6.03 Å². The van der Waals surface area contributed by atoms with Crippen LogP contribution in [0.2, 0.25) is 0 Å². The molecule has 0 bridgehead atoms. The zero-order valence-electron chi connectivity index (χ0n) is 15.4. The van der Waals surface area contributed by atoms with Crippen LogP contribution in [0.25, 0.3) is 0 Å². The van der Waals surface area contributed by atoms with E-state index in [1.54, 1.807) is 0 Å². The van der Waals surface area contributed by atoms with Gasteiger partial charge in [0.25, 0.3) is 0 Å². The second kappa shape index (κ2) is 7.27. The summed E-state index contributed by atoms with van der Waals surface area (Å²) in [7, 11) is 0. The third kappa shape index (κ3) is 4.36. The fourth-order valence-corrected chi connectivity index (χ4v) is 3.62. The fourth-order valence-electron chi connectivity index (χ4n) is 3.62. The molecule has 2 saturated carbocycles. The highest BCUT2D eigenvalue weighted by Gasteiger charge is 2.32. The van der Waals surface area contributed by atoms with Gasteiger partial charge in [0.05, 0.1) is 0 Å². The summed E-state index contributed by atoms with van der Waals surface area (Å²) >= 11 is 0. The molecule has 6 nitrogen and oxygen atoms in total. The molecule has 140 valence electrons. The lowest BCUT2D eigenvalue weighted by Crippen LogP contribution is -2.46. The Bertz CT molecular complexity index is 689. The molecule has 1 saturated heterocycles. The molecule has 26 heavy (non-hydrogen) atoms. The van der Waals surface area contributed by atoms with Gasteiger partial charge in [0.15, 0.2) is 0 Å². The highest BCUT2D eigenvalue weighted by Crippen LogP contribution is 2.31. The first-order valence-corrected chi connectivity index (χ1v) is 9.81. The molecule has 3 amide bonds. The van der Waals surface area contributed by atoms with Crippen molar-refractivity contribution in [2.24, 2.45) is 5.92 Å². The number of benzene rings is 1. The van der Waals surface area contributed by atoms with Gasteiger partial charge < -0.3 is 20.9 Å². The van der Waals surface area contributed by atoms with Crippen molar-refractivity contribution in [3.8, 4) is 0 Å². The Balaban J connectivity index is 1.29. The third-order valence-electron chi connectivity index (χ3n) is 5.63. The molecule has 1 aliphatic heterocycles. The lowest BCUT2D eigenvalue weighted by molar-refractivity contribution is -0.117. The summed E-state index contributed by atoms with van der Waals surface area (Å²) in [5.41, 5.74) is 2.46. The molecule has 0 radical (unpaired) electrons. The fraction of sp³-hybridized carbons (Fsp3) is 0.600. The number of anilines is 2. The van der Waals surface area contributed by atoms with Crippen LogP contribution in [0.1, 0.15) is 44.1 Å². The molecule has 1 heterocycles. The van der Waals surface area contributed by atoms with Crippen LogP contribution in [-0.2, 0) is 4.79 Å². The summed E-state index contributed by atoms with van der Waals surface area (Å²) in [6, 6.07) is 6.52. The van der Waals surface area contributed by atoms with E-state index in [9.17, 15) is 9.59 Å². The summed E-state index contributed by atoms with van der Waals surface area (Å²) < 4.78 is 0. The minimum absolute atomic E-state index is 0.0756. The van der Waals surface area contributed by atoms with Crippen molar-refractivity contribution in [1.29, 1.82) is 0 Å². The van der Waals surface area contributed by atoms with Crippen LogP contribution in [0.4, 0.5) is 16.2 Å². The number of hydrogen-bond donors (Lipinski definition) is 3. The number of hydrogen-bond acceptors (Lipinski definition) is 3. The van der Waals surface area contributed by atoms with Gasteiger partial charge in [-0.25, -0.2) is 4.79 Å². The first-order valence-electron chi connectivity index (χ1n) is 9.81. The third-order valence-corrected chi connectivity index (χ3v) is 5.63. The van der Waals surface area contributed by atoms with E-state index in [2.05, 4.69) is 20.9 Å². The van der Waals surface area contributed by atoms with Crippen LogP contribution in [0.3, 0.4) is 0 Å². The van der Waals surface area contributed by atoms with Gasteiger partial charge in [-0.15, -0.1) is 0 Å². The highest BCUT2D eigenvalue weighted by molar-refractivity contribution is 5.96. The van der Waals surface area contributed by atoms with Crippen molar-refractivity contribution in [2.45, 2.75) is 57.5 Å². The summed E-state index contributed by atoms with van der Waals surface area (Å²) in [5, 5.41) is 8.98. The predicted octanol–water partition coefficient (Wildman–Crippen LogP) is 3.09. The predicted molar refractivity (Wildman–Crippen MR) is 102 cm³/mol. The topological polar surface area (TPSA) is 73.5 Å². The van der Waals surface area contributed by atoms with E-state index in [-0.39, 0.29) is 23.9 Å². The minimum atomic E-state index is -0.163. The number of amides is 3. The monoisotopic (exact) mass is 356 g/mol. The molecule has 3 N–H and O–H groups in total. The van der Waals surface area contributed by atoms with E-state index in [1.165, 1.54) is 12.8 Å². The SMILES string of the molecule is Cc1ccc(NC(=O)C2CC2)cc1NC(=O)NC1CCN(C2CC2)CC1. The van der Waals surface area contributed by atoms with E-state index in [0.717, 1.165) is 61.8 Å². The Morgan fingerprint density at radius 3 is 2.38 bits per heavy atom. The lowest BCUT2D eigenvalue weighted by Gasteiger charge is -2.32. The quantitative estimate of drug-likeness (QED) is 0.759. The summed E-state index contributed by atoms with van der Waals surface area (Å²) in [4.78, 5) is 26.9. The Morgan fingerprint density at radius 2 is 1.73 bits per heavy atom. The number of likely N-dealkylation sites (tertiary alicyclic amines) is 1. The van der Waals surface area contributed by atoms with Crippen LogP contribution in [-0.4, -0.2) is 42.0 Å². The summed E-state index contributed by atoms with van der Waals surface area (Å²) in [6.07, 6.45) is 6.66. The van der Waals surface area contributed by atoms with Gasteiger partial charge in [-0.1, -0.05) is 6.07 Å². The van der Waals surface area contributed by atoms with E-state index in [0.29, 0.717) is 0 Å². The van der Waals surface area contributed by atoms with Gasteiger partial charge in [0.1, 0.15) is 0 Å². The van der Waals surface area contributed by atoms with Crippen LogP contribution in [0.15, 0.2) is 18.2 Å². The zero-order valence-corrected chi connectivity index (χ0v) is 15.4. The highest BCUT2D eigenvalue weighted by atomic mass is 16.2. The first kappa shape index (κ1) is 17.3. The lowest BCUT2D eigenvalue weighted by atomic mass is 10.1. The molecule has 0 spiro atoms. The first-order chi connectivity index (χ1) is 12.6. The van der Waals surface area contributed by atoms with Crippen molar-refractivity contribution in [3.63, 3.8) is 0 Å². The second-order valence-corrected chi connectivity index (χ2v) is 7.93. The van der Waals surface area contributed by atoms with Crippen LogP contribution in [0.5, 0.6) is 0 Å². The normalized spacial score (nSPS) is 21.3. The average molecular weight is 356 g/mol. The molecule has 1 aromatic carbocycles. The Labute approximate surface area is 154 Å². The van der Waals surface area contributed by atoms with Crippen molar-refractivity contribution >= 4 is 23.3 Å². The maximum atomic E-state index is 12.4. The average Bonchev–Trinajstić information content (AvgIpc) is 3.50. The van der Waals surface area contributed by atoms with Crippen LogP contribution < -0.4 is 16.0 Å². The van der Waals surface area contributed by atoms with Crippen molar-refractivity contribution in [1.82, 2.24) is 10.2 Å². The molecule has 3 fully saturated rings. The minimum Gasteiger partial charge on any atom is -0.335 e. The molecule has 0 unspecified atom stereocenters. The molecule has 0 atom stereocenters. The van der Waals surface area contributed by atoms with E-state index >= 15 is 0 Å². The van der Waals surface area contributed by atoms with Gasteiger partial charge in [0.2, 0.25) is 5.91 Å². The Hall–Kier alpha value is -2.08. The molecule has 4 rings (SSSR count). The Kier molecular flexibility index (Phi) is 4.85. The summed E-state index contributed by atoms with van der Waals surface area (Å²) in [6.45, 7) is 4.12. The van der Waals surface area contributed by atoms with Crippen molar-refractivity contribution in [3.05, 3.63) is 23.8 Å². The van der Waals surface area contributed by atoms with Gasteiger partial charge in [0, 0.05) is 42.5 Å². The number of piperidine rings is 1. The number of carbonyl (C=O) groups is 2. The van der Waals surface area contributed by atoms with E-state index in [1.807, 2.05) is 25.1 Å². The second-order valence-electron chi connectivity index (χ2n) is 7.93. The van der Waals surface area contributed by atoms with Crippen LogP contribution in [0, 0.1) is 12.8 Å². The van der Waals surface area contributed by atoms with Crippen molar-refractivity contribution < 1.29 is 9.59 Å². The zero-order chi connectivity index (χ0) is 18.1. The number of nitrogens with one attached hydrogen (secondary N) is 3. The number of nitrogens with zero attached hydrogens (tertiary/aromatic N) is 1. The van der Waals surface area contributed by atoms with Gasteiger partial charge in [-0.3, -0.25) is 4.79 Å². The number of urea groups is 1. The number of rotatable bonds is 5. The molecule has 6 heteroatoms. The maximum absolute atomic E-state index is 12.4. The van der Waals surface area contributed by atoms with E-state index in [4.69, 9.17) is 0 Å². The molecule has 2 aliphatic carbocycles. The molecular weight excluding hydrogens is 328 g/mol. The van der Waals surface area contributed by atoms with Gasteiger partial charge in [-0.05, 0) is 63.1 Å². The van der Waals surface area contributed by atoms with Gasteiger partial charge in [-0.2, -0.15) is 0 Å². The largest absolute Gasteiger partial charge is 0.335 e. The number of carbonyl (C=O) groups excluding carboxylic acids is 2. The maximum Gasteiger partial charge on any atom is 0.319 e. The van der Waals surface area contributed by atoms with Crippen LogP contribution >= 0.6 is 0 Å².